The van der Waals surface area contributed by atoms with Crippen LogP contribution in [0.5, 0.6) is 5.88 Å². The summed E-state index contributed by atoms with van der Waals surface area (Å²) in [5.74, 6) is -2.58. The molecule has 8 nitrogen and oxygen atoms in total. The third kappa shape index (κ3) is 5.22. The summed E-state index contributed by atoms with van der Waals surface area (Å²) in [7, 11) is 1.56. The van der Waals surface area contributed by atoms with Gasteiger partial charge in [0.15, 0.2) is 0 Å². The van der Waals surface area contributed by atoms with Crippen LogP contribution in [0.2, 0.25) is 0 Å². The first-order valence-electron chi connectivity index (χ1n) is 11.3. The van der Waals surface area contributed by atoms with Crippen molar-refractivity contribution in [1.29, 1.82) is 0 Å². The Hall–Kier alpha value is -4.04. The smallest absolute Gasteiger partial charge is 0.309 e. The molecule has 0 spiro atoms. The van der Waals surface area contributed by atoms with Crippen molar-refractivity contribution in [3.63, 3.8) is 0 Å². The van der Waals surface area contributed by atoms with Crippen molar-refractivity contribution in [1.82, 2.24) is 9.88 Å². The van der Waals surface area contributed by atoms with Crippen LogP contribution in [0.15, 0.2) is 66.9 Å². The van der Waals surface area contributed by atoms with E-state index in [1.807, 2.05) is 30.3 Å². The lowest BCUT2D eigenvalue weighted by atomic mass is 9.93. The number of rotatable bonds is 10. The second kappa shape index (κ2) is 10.5. The van der Waals surface area contributed by atoms with Crippen molar-refractivity contribution in [3.8, 4) is 17.0 Å². The molecule has 0 saturated carbocycles. The predicted octanol–water partition coefficient (Wildman–Crippen LogP) is 3.44. The monoisotopic (exact) mass is 474 g/mol. The zero-order valence-electron chi connectivity index (χ0n) is 19.3. The van der Waals surface area contributed by atoms with Crippen molar-refractivity contribution < 1.29 is 29.3 Å². The Kier molecular flexibility index (Phi) is 7.22. The van der Waals surface area contributed by atoms with E-state index in [1.54, 1.807) is 43.6 Å². The molecule has 0 saturated heterocycles. The number of aliphatic hydroxyl groups excluding tert-OH is 1. The maximum atomic E-state index is 12.5. The Morgan fingerprint density at radius 3 is 2.11 bits per heavy atom. The van der Waals surface area contributed by atoms with E-state index < -0.39 is 29.8 Å². The van der Waals surface area contributed by atoms with Crippen LogP contribution < -0.4 is 4.74 Å². The van der Waals surface area contributed by atoms with Crippen LogP contribution in [-0.2, 0) is 11.2 Å². The number of carboxylic acid groups (broad SMARTS) is 1. The van der Waals surface area contributed by atoms with Crippen LogP contribution in [0.1, 0.15) is 39.1 Å². The highest BCUT2D eigenvalue weighted by molar-refractivity contribution is 6.21. The largest absolute Gasteiger partial charge is 0.481 e. The number of pyridine rings is 1. The van der Waals surface area contributed by atoms with Gasteiger partial charge in [0, 0.05) is 24.4 Å². The standard InChI is InChI=1S/C27H26N2O6/c1-35-24-13-11-19(16-28-24)18-9-6-17(7-10-18)8-12-23(30)22(27(33)34)14-15-29-25(31)20-4-2-3-5-21(20)26(29)32/h2-7,9-11,13,16,22-23,30H,8,12,14-15H2,1H3,(H,33,34). The summed E-state index contributed by atoms with van der Waals surface area (Å²) in [6, 6.07) is 18.0. The van der Waals surface area contributed by atoms with Gasteiger partial charge in [-0.3, -0.25) is 19.3 Å². The number of aliphatic carboxylic acids is 1. The summed E-state index contributed by atoms with van der Waals surface area (Å²) in [5, 5.41) is 20.3. The second-order valence-corrected chi connectivity index (χ2v) is 8.43. The number of carbonyl (C=O) groups excluding carboxylic acids is 2. The van der Waals surface area contributed by atoms with Crippen LogP contribution >= 0.6 is 0 Å². The number of ether oxygens (including phenoxy) is 1. The van der Waals surface area contributed by atoms with Gasteiger partial charge in [0.1, 0.15) is 0 Å². The maximum Gasteiger partial charge on any atom is 0.309 e. The lowest BCUT2D eigenvalue weighted by molar-refractivity contribution is -0.146. The van der Waals surface area contributed by atoms with Gasteiger partial charge >= 0.3 is 5.97 Å². The van der Waals surface area contributed by atoms with Gasteiger partial charge in [0.2, 0.25) is 5.88 Å². The molecule has 1 aliphatic rings. The fraction of sp³-hybridized carbons (Fsp3) is 0.259. The molecule has 8 heteroatoms. The Morgan fingerprint density at radius 2 is 1.57 bits per heavy atom. The van der Waals surface area contributed by atoms with E-state index >= 15 is 0 Å². The summed E-state index contributed by atoms with van der Waals surface area (Å²) in [5.41, 5.74) is 3.52. The van der Waals surface area contributed by atoms with Gasteiger partial charge in [0.05, 0.1) is 30.3 Å². The normalized spacial score (nSPS) is 14.5. The number of hydrogen-bond acceptors (Lipinski definition) is 6. The molecule has 180 valence electrons. The first-order chi connectivity index (χ1) is 16.9. The van der Waals surface area contributed by atoms with Gasteiger partial charge in [-0.05, 0) is 48.6 Å². The van der Waals surface area contributed by atoms with Crippen molar-refractivity contribution in [2.24, 2.45) is 5.92 Å². The summed E-state index contributed by atoms with van der Waals surface area (Å²) in [6.07, 6.45) is 1.31. The average Bonchev–Trinajstić information content (AvgIpc) is 3.12. The minimum Gasteiger partial charge on any atom is -0.481 e. The molecule has 2 unspecified atom stereocenters. The number of nitrogens with zero attached hydrogens (tertiary/aromatic N) is 2. The number of amides is 2. The highest BCUT2D eigenvalue weighted by Gasteiger charge is 2.36. The van der Waals surface area contributed by atoms with Gasteiger partial charge in [-0.15, -0.1) is 0 Å². The van der Waals surface area contributed by atoms with Crippen molar-refractivity contribution in [2.75, 3.05) is 13.7 Å². The fourth-order valence-corrected chi connectivity index (χ4v) is 4.24. The van der Waals surface area contributed by atoms with E-state index in [2.05, 4.69) is 4.98 Å². The summed E-state index contributed by atoms with van der Waals surface area (Å²) >= 11 is 0. The van der Waals surface area contributed by atoms with Crippen LogP contribution in [-0.4, -0.2) is 57.6 Å². The van der Waals surface area contributed by atoms with Crippen LogP contribution in [0, 0.1) is 5.92 Å². The highest BCUT2D eigenvalue weighted by atomic mass is 16.5. The minimum absolute atomic E-state index is 0.0224. The fourth-order valence-electron chi connectivity index (χ4n) is 4.24. The van der Waals surface area contributed by atoms with Crippen LogP contribution in [0.3, 0.4) is 0 Å². The Balaban J connectivity index is 1.33. The first kappa shape index (κ1) is 24.1. The number of methoxy groups -OCH3 is 1. The lowest BCUT2D eigenvalue weighted by Gasteiger charge is -2.22. The Bertz CT molecular complexity index is 1190. The number of aromatic nitrogens is 1. The number of hydrogen-bond donors (Lipinski definition) is 2. The summed E-state index contributed by atoms with van der Waals surface area (Å²) in [6.45, 7) is -0.0645. The number of carboxylic acids is 1. The molecule has 3 aromatic rings. The van der Waals surface area contributed by atoms with E-state index in [1.165, 1.54) is 0 Å². The molecule has 0 bridgehead atoms. The quantitative estimate of drug-likeness (QED) is 0.432. The highest BCUT2D eigenvalue weighted by Crippen LogP contribution is 2.25. The van der Waals surface area contributed by atoms with Crippen LogP contribution in [0.4, 0.5) is 0 Å². The van der Waals surface area contributed by atoms with E-state index in [0.717, 1.165) is 21.6 Å². The maximum absolute atomic E-state index is 12.5. The number of carbonyl (C=O) groups is 3. The molecule has 0 fully saturated rings. The van der Waals surface area contributed by atoms with Crippen molar-refractivity contribution >= 4 is 17.8 Å². The topological polar surface area (TPSA) is 117 Å². The number of imide groups is 1. The number of benzene rings is 2. The van der Waals surface area contributed by atoms with Crippen LogP contribution in [0.25, 0.3) is 11.1 Å². The molecule has 2 N–H and O–H groups in total. The Morgan fingerprint density at radius 1 is 0.943 bits per heavy atom. The molecule has 4 rings (SSSR count). The predicted molar refractivity (Wildman–Crippen MR) is 128 cm³/mol. The lowest BCUT2D eigenvalue weighted by Crippen LogP contribution is -2.36. The Labute approximate surface area is 202 Å². The minimum atomic E-state index is -1.16. The zero-order chi connectivity index (χ0) is 24.9. The molecule has 0 aliphatic carbocycles. The molecule has 2 amide bonds. The molecule has 1 aromatic heterocycles. The van der Waals surface area contributed by atoms with E-state index in [4.69, 9.17) is 4.74 Å². The van der Waals surface area contributed by atoms with Gasteiger partial charge in [-0.25, -0.2) is 4.98 Å². The third-order valence-electron chi connectivity index (χ3n) is 6.29. The molecule has 35 heavy (non-hydrogen) atoms. The average molecular weight is 475 g/mol. The van der Waals surface area contributed by atoms with Gasteiger partial charge in [-0.1, -0.05) is 36.4 Å². The van der Waals surface area contributed by atoms with E-state index in [-0.39, 0.29) is 19.4 Å². The van der Waals surface area contributed by atoms with E-state index in [0.29, 0.717) is 23.4 Å². The summed E-state index contributed by atoms with van der Waals surface area (Å²) in [4.78, 5) is 42.1. The molecular weight excluding hydrogens is 448 g/mol. The first-order valence-corrected chi connectivity index (χ1v) is 11.3. The molecule has 2 heterocycles. The number of aliphatic hydroxyl groups is 1. The number of aryl methyl sites for hydroxylation is 1. The second-order valence-electron chi connectivity index (χ2n) is 8.43. The molecule has 2 atom stereocenters. The molecule has 2 aromatic carbocycles. The van der Waals surface area contributed by atoms with Crippen molar-refractivity contribution in [3.05, 3.63) is 83.6 Å². The van der Waals surface area contributed by atoms with Gasteiger partial charge in [0.25, 0.3) is 11.8 Å². The van der Waals surface area contributed by atoms with Gasteiger partial charge in [-0.2, -0.15) is 0 Å². The SMILES string of the molecule is COc1ccc(-c2ccc(CCC(O)C(CCN3C(=O)c4ccccc4C3=O)C(=O)O)cc2)cn1. The zero-order valence-corrected chi connectivity index (χ0v) is 19.3. The molecule has 1 aliphatic heterocycles. The molecule has 0 radical (unpaired) electrons. The summed E-state index contributed by atoms with van der Waals surface area (Å²) < 4.78 is 5.07. The third-order valence-corrected chi connectivity index (χ3v) is 6.29. The number of fused-ring (bicyclic) bond motifs is 1. The molecular formula is C27H26N2O6. The van der Waals surface area contributed by atoms with Gasteiger partial charge < -0.3 is 14.9 Å². The van der Waals surface area contributed by atoms with Crippen molar-refractivity contribution in [2.45, 2.75) is 25.4 Å². The van der Waals surface area contributed by atoms with E-state index in [9.17, 15) is 24.6 Å².